The van der Waals surface area contributed by atoms with Gasteiger partial charge in [-0.25, -0.2) is 0 Å². The predicted molar refractivity (Wildman–Crippen MR) is 568 cm³/mol. The molecule has 5 unspecified atom stereocenters. The third-order valence-corrected chi connectivity index (χ3v) is 35.4. The number of fused-ring (bicyclic) bond motifs is 4. The summed E-state index contributed by atoms with van der Waals surface area (Å²) in [5.74, 6) is 2.78. The van der Waals surface area contributed by atoms with Crippen LogP contribution in [0.25, 0.3) is 0 Å². The molecule has 146 heavy (non-hydrogen) atoms. The number of esters is 5. The van der Waals surface area contributed by atoms with E-state index in [0.717, 1.165) is 94.3 Å². The molecule has 8 fully saturated rings. The molecule has 12 aliphatic rings. The van der Waals surface area contributed by atoms with Gasteiger partial charge in [0, 0.05) is 77.9 Å². The van der Waals surface area contributed by atoms with E-state index in [1.54, 1.807) is 18.1 Å². The molecule has 8 bridgehead atoms. The fourth-order valence-electron chi connectivity index (χ4n) is 27.4. The Labute approximate surface area is 894 Å². The Balaban J connectivity index is 0.000000177. The number of alkyl halides is 2. The number of aliphatic hydroxyl groups is 1. The van der Waals surface area contributed by atoms with Crippen LogP contribution in [0.4, 0.5) is 4.39 Å². The minimum absolute atomic E-state index is 0. The van der Waals surface area contributed by atoms with E-state index in [1.165, 1.54) is 186 Å². The van der Waals surface area contributed by atoms with Crippen molar-refractivity contribution in [2.24, 2.45) is 59.0 Å². The number of rotatable bonds is 25. The van der Waals surface area contributed by atoms with Crippen molar-refractivity contribution in [1.29, 1.82) is 0 Å². The summed E-state index contributed by atoms with van der Waals surface area (Å²) in [5.41, 5.74) is 23.2. The molecule has 8 aromatic carbocycles. The minimum Gasteiger partial charge on any atom is -1.00 e. The van der Waals surface area contributed by atoms with E-state index in [1.807, 2.05) is 126 Å². The summed E-state index contributed by atoms with van der Waals surface area (Å²) in [7, 11) is 8.17. The number of carbonyl (C=O) groups excluding carboxylic acids is 5. The lowest BCUT2D eigenvalue weighted by Gasteiger charge is -2.61. The maximum absolute atomic E-state index is 13.5. The van der Waals surface area contributed by atoms with Crippen LogP contribution in [0.15, 0.2) is 194 Å². The molecule has 4 saturated heterocycles. The van der Waals surface area contributed by atoms with E-state index < -0.39 is 37.0 Å². The number of ether oxygens (including phenoxy) is 7. The van der Waals surface area contributed by atoms with Crippen LogP contribution >= 0.6 is 24.0 Å². The topological polar surface area (TPSA) is 243 Å². The number of phenols is 2. The number of likely N-dealkylation sites (tertiary alicyclic amines) is 4. The van der Waals surface area contributed by atoms with Crippen molar-refractivity contribution in [2.45, 2.75) is 294 Å². The number of phenolic OH excluding ortho intramolecular Hbond substituents is 2. The number of hydrogen-bond acceptors (Lipinski definition) is 18. The summed E-state index contributed by atoms with van der Waals surface area (Å²) in [5, 5.41) is 27.6. The van der Waals surface area contributed by atoms with Gasteiger partial charge in [0.05, 0.1) is 72.5 Å². The van der Waals surface area contributed by atoms with E-state index in [4.69, 9.17) is 57.0 Å². The average molecular weight is 2090 g/mol. The summed E-state index contributed by atoms with van der Waals surface area (Å²) in [6, 6.07) is 67.2. The standard InChI is InChI=1S/C39H48NO5.C24H29NO.C23H34N2O3.C17H23NO.C15H19ClO4.C2H6O.CH3F.3ClH/c1-28(2)33(24-37(41)44-26-30-14-8-5-9-15-30)38(42)45-27-40(3)21-20-39-19-11-10-16-34(39)36(40)22-31-17-18-32(23-35(31)39)43-25-29-12-6-4-7-13-29;1-25-14-13-24-12-6-5-9-21(24)23(25)15-19-10-11-20(16-22(19)24)26-17-18-7-3-2-4-8-18;1-15(2)21(24)22(27)28-14-25(3)11-10-23-9-5-4-6-18(23)20(25)12-16-7-8-17(26)13-19(16)23;1-18-9-8-17-7-3-2-4-14(17)16(18)10-12-5-6-13(19)11-15(12)17;1-11(2)13(15(18)20-10-16)8-14(17)19-9-12-6-4-3-5-7-12;1-2-3;1-2;;;/h4-9,12-15,17-18,23,28,33-34,36H,10-11,16,19-22,24-27H2,1-3H3;2-4,7-8,10-11,16,21,23H,5-6,9,12-15,17H2,1H3;7-8,13,15,18,20-21H,4-6,9-12,14,24H2,1-3H3;5-6,11,14,16,19H,2-4,7-10H2,1H3;3-7,11,13H,8-10H2,1-2H3;3H,2H2,1H3;1H3;3*1H/q+1;;;;;;;;;/p-1/t33?,34-,36+,39+,40?;21-,23+,24+;18-,20+,21?,23+,25?;14-,16+,17+;;;;;;/m0000....../s1/i;;;;;;1D;;;. The first-order valence-corrected chi connectivity index (χ1v) is 53.9. The van der Waals surface area contributed by atoms with Crippen LogP contribution in [0.3, 0.4) is 0 Å². The fourth-order valence-corrected chi connectivity index (χ4v) is 27.5. The number of aliphatic hydroxyl groups excluding tert-OH is 1. The predicted octanol–water partition coefficient (Wildman–Crippen LogP) is 16.6. The molecule has 25 heteroatoms. The van der Waals surface area contributed by atoms with Crippen molar-refractivity contribution in [1.82, 2.24) is 9.80 Å². The highest BCUT2D eigenvalue weighted by Crippen LogP contribution is 2.62. The first-order valence-electron chi connectivity index (χ1n) is 54.1. The van der Waals surface area contributed by atoms with Gasteiger partial charge in [0.1, 0.15) is 55.5 Å². The number of nitrogens with zero attached hydrogens (tertiary/aromatic N) is 4. The minimum atomic E-state index is -1.00. The Kier molecular flexibility index (Phi) is 42.6. The van der Waals surface area contributed by atoms with Crippen LogP contribution < -0.4 is 40.0 Å². The highest BCUT2D eigenvalue weighted by atomic mass is 35.5. The van der Waals surface area contributed by atoms with Crippen molar-refractivity contribution < 1.29 is 112 Å². The lowest BCUT2D eigenvalue weighted by Crippen LogP contribution is -3.00. The number of piperidine rings is 4. The Morgan fingerprint density at radius 2 is 0.753 bits per heavy atom. The monoisotopic (exact) mass is 2090 g/mol. The van der Waals surface area contributed by atoms with Gasteiger partial charge in [-0.2, -0.15) is 0 Å². The molecule has 5 N–H and O–H groups in total. The van der Waals surface area contributed by atoms with Crippen molar-refractivity contribution in [3.8, 4) is 23.0 Å². The average Bonchev–Trinajstić information content (AvgIpc) is 0.702. The highest BCUT2D eigenvalue weighted by molar-refractivity contribution is 6.17. The van der Waals surface area contributed by atoms with Gasteiger partial charge in [-0.3, -0.25) is 37.3 Å². The van der Waals surface area contributed by atoms with E-state index in [2.05, 4.69) is 147 Å². The maximum Gasteiger partial charge on any atom is 0.327 e. The molecular formula is C121H164Cl4FN5O15. The first-order chi connectivity index (χ1) is 69.4. The summed E-state index contributed by atoms with van der Waals surface area (Å²) >= 11 is 5.36. The van der Waals surface area contributed by atoms with E-state index >= 15 is 0 Å². The van der Waals surface area contributed by atoms with Gasteiger partial charge in [0.25, 0.3) is 0 Å². The molecule has 20 nitrogen and oxygen atoms in total. The smallest absolute Gasteiger partial charge is 0.327 e. The molecular weight excluding hydrogens is 1920 g/mol. The second-order valence-electron chi connectivity index (χ2n) is 44.6. The number of halogens is 5. The van der Waals surface area contributed by atoms with Gasteiger partial charge in [0.15, 0.2) is 6.07 Å². The zero-order valence-corrected chi connectivity index (χ0v) is 91.2. The second kappa shape index (κ2) is 53.7. The van der Waals surface area contributed by atoms with Crippen molar-refractivity contribution in [3.05, 3.63) is 261 Å². The van der Waals surface area contributed by atoms with Crippen LogP contribution in [-0.2, 0) is 121 Å². The van der Waals surface area contributed by atoms with Gasteiger partial charge in [-0.05, 0) is 256 Å². The third-order valence-electron chi connectivity index (χ3n) is 35.3. The van der Waals surface area contributed by atoms with Gasteiger partial charge in [0.2, 0.25) is 13.5 Å². The molecule has 0 aromatic heterocycles. The summed E-state index contributed by atoms with van der Waals surface area (Å²) < 4.78 is 56.8. The second-order valence-corrected chi connectivity index (χ2v) is 44.8. The zero-order valence-electron chi connectivity index (χ0n) is 89.2. The molecule has 0 amide bonds. The number of benzene rings is 8. The van der Waals surface area contributed by atoms with Crippen LogP contribution in [-0.4, -0.2) is 182 Å². The molecule has 798 valence electrons. The SMILES string of the molecule is CC(C)C(CC(=O)OCc1ccccc1)C(=O)OCCl.CC(C)C(CC(=O)OCc1ccccc1)C(=O)OC[N+]1(C)CC[C@]23CCCC[C@H]2[C@H]1Cc1ccc(OCc2ccccc2)cc13.CC(C)C(N)C(=O)OC[N+]1(C)CC[C@]23CCCC[C@H]2[C@H]1Cc1ccc(O)cc13.CCO.CN1CC[C@]23CCCC[C@H]2[C@H]1Cc1ccc(O)cc13.CN1CC[C@]23CCCC[C@H]2[C@H]1Cc1ccc(OCc2ccccc2)cc13.Cl.[2H]CF.[Cl-].[Cl-]. The molecule has 17 atom stereocenters. The maximum atomic E-state index is 13.5. The van der Waals surface area contributed by atoms with E-state index in [9.17, 15) is 38.6 Å². The normalized spacial score (nSPS) is 26.9. The van der Waals surface area contributed by atoms with Crippen LogP contribution in [0, 0.1) is 53.3 Å². The molecule has 4 aliphatic heterocycles. The van der Waals surface area contributed by atoms with Crippen molar-refractivity contribution in [3.63, 3.8) is 0 Å². The number of likely N-dealkylation sites (N-methyl/N-ethyl adjacent to an activating group) is 4. The van der Waals surface area contributed by atoms with Gasteiger partial charge in [-0.15, -0.1) is 12.4 Å². The zero-order chi connectivity index (χ0) is 103. The van der Waals surface area contributed by atoms with Crippen LogP contribution in [0.2, 0.25) is 0 Å². The lowest BCUT2D eigenvalue weighted by molar-refractivity contribution is -0.959. The quantitative estimate of drug-likeness (QED) is 0.0180. The molecule has 8 aliphatic carbocycles. The van der Waals surface area contributed by atoms with Gasteiger partial charge in [-0.1, -0.05) is 250 Å². The Morgan fingerprint density at radius 1 is 0.438 bits per heavy atom. The molecule has 4 heterocycles. The molecule has 8 aromatic rings. The summed E-state index contributed by atoms with van der Waals surface area (Å²) in [6.45, 7) is 20.3. The molecule has 0 radical (unpaired) electrons. The molecule has 20 rings (SSSR count). The van der Waals surface area contributed by atoms with Crippen LogP contribution in [0.5, 0.6) is 23.0 Å². The van der Waals surface area contributed by atoms with Crippen molar-refractivity contribution >= 4 is 53.9 Å². The number of aromatic hydroxyl groups is 2. The summed E-state index contributed by atoms with van der Waals surface area (Å²) in [6.07, 6.45) is 30.1. The number of hydrogen-bond donors (Lipinski definition) is 4. The van der Waals surface area contributed by atoms with Crippen molar-refractivity contribution in [2.75, 3.05) is 87.7 Å². The van der Waals surface area contributed by atoms with E-state index in [0.29, 0.717) is 72.9 Å². The third kappa shape index (κ3) is 27.0. The number of carbonyl (C=O) groups is 5. The molecule has 0 spiro atoms. The molecule has 4 saturated carbocycles. The van der Waals surface area contributed by atoms with Gasteiger partial charge >= 0.3 is 29.8 Å². The number of quaternary nitrogens is 2. The Bertz CT molecular complexity index is 5530. The Morgan fingerprint density at radius 3 is 1.10 bits per heavy atom. The first kappa shape index (κ1) is 116. The largest absolute Gasteiger partial charge is 1.00 e. The Hall–Kier alpha value is -8.84. The van der Waals surface area contributed by atoms with Gasteiger partial charge < -0.3 is 88.8 Å². The van der Waals surface area contributed by atoms with E-state index in [-0.39, 0.29) is 122 Å². The van der Waals surface area contributed by atoms with Crippen LogP contribution in [0.1, 0.15) is 258 Å². The lowest BCUT2D eigenvalue weighted by atomic mass is 9.52. The number of nitrogens with two attached hydrogens (primary N) is 1. The highest BCUT2D eigenvalue weighted by Gasteiger charge is 2.63. The fraction of sp³-hybridized carbons (Fsp3) is 0.562. The summed E-state index contributed by atoms with van der Waals surface area (Å²) in [4.78, 5) is 67.2.